The van der Waals surface area contributed by atoms with Gasteiger partial charge in [0.25, 0.3) is 10.9 Å². The Morgan fingerprint density at radius 2 is 1.82 bits per heavy atom. The monoisotopic (exact) mass is 377 g/mol. The molecule has 0 bridgehead atoms. The zero-order chi connectivity index (χ0) is 15.5. The minimum absolute atomic E-state index is 0.0101. The molecule has 0 aliphatic carbocycles. The van der Waals surface area contributed by atoms with Crippen molar-refractivity contribution in [2.24, 2.45) is 0 Å². The minimum Gasteiger partial charge on any atom is -0.411 e. The molecule has 1 heterocycles. The average molecular weight is 378 g/mol. The molecule has 110 valence electrons. The molecule has 0 aliphatic rings. The van der Waals surface area contributed by atoms with Gasteiger partial charge in [-0.25, -0.2) is 0 Å². The largest absolute Gasteiger partial charge is 0.411 e. The second kappa shape index (κ2) is 6.29. The Labute approximate surface area is 137 Å². The zero-order valence-electron chi connectivity index (χ0n) is 11.0. The van der Waals surface area contributed by atoms with Crippen molar-refractivity contribution in [1.82, 2.24) is 10.2 Å². The Balaban J connectivity index is 1.86. The molecular formula is C14H8BrN3O3S. The molecular weight excluding hydrogens is 370 g/mol. The number of aromatic nitrogens is 2. The molecule has 0 radical (unpaired) electrons. The molecule has 3 rings (SSSR count). The van der Waals surface area contributed by atoms with Crippen LogP contribution >= 0.6 is 27.7 Å². The van der Waals surface area contributed by atoms with Gasteiger partial charge in [-0.15, -0.1) is 10.2 Å². The van der Waals surface area contributed by atoms with Gasteiger partial charge in [-0.05, 0) is 42.1 Å². The van der Waals surface area contributed by atoms with Crippen LogP contribution in [-0.4, -0.2) is 15.1 Å². The number of halogens is 1. The molecule has 0 spiro atoms. The second-order valence-corrected chi connectivity index (χ2v) is 6.12. The molecule has 0 saturated carbocycles. The van der Waals surface area contributed by atoms with Crippen LogP contribution in [0.15, 0.2) is 67.5 Å². The molecule has 6 nitrogen and oxygen atoms in total. The third-order valence-electron chi connectivity index (χ3n) is 2.76. The van der Waals surface area contributed by atoms with E-state index < -0.39 is 4.92 Å². The van der Waals surface area contributed by atoms with E-state index in [4.69, 9.17) is 4.42 Å². The molecule has 0 fully saturated rings. The van der Waals surface area contributed by atoms with Crippen molar-refractivity contribution >= 4 is 33.4 Å². The van der Waals surface area contributed by atoms with Crippen molar-refractivity contribution in [3.05, 3.63) is 63.1 Å². The Morgan fingerprint density at radius 1 is 1.09 bits per heavy atom. The molecule has 3 aromatic rings. The maximum absolute atomic E-state index is 11.0. The first kappa shape index (κ1) is 14.7. The third kappa shape index (κ3) is 3.18. The normalized spacial score (nSPS) is 10.6. The number of nitro groups is 1. The van der Waals surface area contributed by atoms with Gasteiger partial charge in [-0.1, -0.05) is 28.1 Å². The van der Waals surface area contributed by atoms with Crippen LogP contribution in [0, 0.1) is 10.1 Å². The average Bonchev–Trinajstić information content (AvgIpc) is 2.97. The first-order chi connectivity index (χ1) is 10.6. The highest BCUT2D eigenvalue weighted by Crippen LogP contribution is 2.34. The summed E-state index contributed by atoms with van der Waals surface area (Å²) in [6, 6.07) is 13.8. The molecule has 0 aliphatic heterocycles. The lowest BCUT2D eigenvalue weighted by molar-refractivity contribution is -0.387. The third-order valence-corrected chi connectivity index (χ3v) is 4.19. The lowest BCUT2D eigenvalue weighted by atomic mass is 10.2. The molecule has 1 aromatic heterocycles. The highest BCUT2D eigenvalue weighted by molar-refractivity contribution is 9.10. The van der Waals surface area contributed by atoms with Crippen molar-refractivity contribution in [3.63, 3.8) is 0 Å². The van der Waals surface area contributed by atoms with Gasteiger partial charge < -0.3 is 4.42 Å². The Bertz CT molecular complexity index is 820. The molecule has 0 N–H and O–H groups in total. The van der Waals surface area contributed by atoms with Crippen LogP contribution in [0.3, 0.4) is 0 Å². The molecule has 22 heavy (non-hydrogen) atoms. The maximum Gasteiger partial charge on any atom is 0.283 e. The van der Waals surface area contributed by atoms with Crippen LogP contribution in [-0.2, 0) is 0 Å². The SMILES string of the molecule is O=[N+]([O-])c1ccccc1Sc1nnc(-c2ccc(Br)cc2)o1. The van der Waals surface area contributed by atoms with E-state index >= 15 is 0 Å². The van der Waals surface area contributed by atoms with Crippen LogP contribution in [0.1, 0.15) is 0 Å². The maximum atomic E-state index is 11.0. The van der Waals surface area contributed by atoms with E-state index in [0.717, 1.165) is 21.8 Å². The van der Waals surface area contributed by atoms with Gasteiger partial charge in [-0.3, -0.25) is 10.1 Å². The smallest absolute Gasteiger partial charge is 0.283 e. The zero-order valence-corrected chi connectivity index (χ0v) is 13.4. The number of benzene rings is 2. The van der Waals surface area contributed by atoms with E-state index in [0.29, 0.717) is 10.8 Å². The first-order valence-electron chi connectivity index (χ1n) is 6.14. The van der Waals surface area contributed by atoms with E-state index in [-0.39, 0.29) is 10.9 Å². The van der Waals surface area contributed by atoms with Crippen LogP contribution in [0.5, 0.6) is 0 Å². The standard InChI is InChI=1S/C14H8BrN3O3S/c15-10-7-5-9(6-8-10)13-16-17-14(21-13)22-12-4-2-1-3-11(12)18(19)20/h1-8H. The fourth-order valence-electron chi connectivity index (χ4n) is 1.75. The summed E-state index contributed by atoms with van der Waals surface area (Å²) >= 11 is 4.42. The molecule has 0 unspecified atom stereocenters. The van der Waals surface area contributed by atoms with Gasteiger partial charge in [0.15, 0.2) is 0 Å². The molecule has 2 aromatic carbocycles. The summed E-state index contributed by atoms with van der Waals surface area (Å²) in [5, 5.41) is 19.1. The molecule has 0 amide bonds. The Hall–Kier alpha value is -2.19. The number of hydrogen-bond donors (Lipinski definition) is 0. The van der Waals surface area contributed by atoms with E-state index in [9.17, 15) is 10.1 Å². The van der Waals surface area contributed by atoms with Crippen LogP contribution in [0.2, 0.25) is 0 Å². The number of nitrogens with zero attached hydrogens (tertiary/aromatic N) is 3. The predicted octanol–water partition coefficient (Wildman–Crippen LogP) is 4.56. The van der Waals surface area contributed by atoms with Gasteiger partial charge in [0.1, 0.15) is 0 Å². The summed E-state index contributed by atoms with van der Waals surface area (Å²) in [5.41, 5.74) is 0.793. The summed E-state index contributed by atoms with van der Waals surface area (Å²) in [6.07, 6.45) is 0. The van der Waals surface area contributed by atoms with Gasteiger partial charge in [0.2, 0.25) is 5.89 Å². The number of hydrogen-bond acceptors (Lipinski definition) is 6. The predicted molar refractivity (Wildman–Crippen MR) is 84.7 cm³/mol. The van der Waals surface area contributed by atoms with Crippen LogP contribution in [0.4, 0.5) is 5.69 Å². The van der Waals surface area contributed by atoms with Gasteiger partial charge >= 0.3 is 0 Å². The van der Waals surface area contributed by atoms with Gasteiger partial charge in [-0.2, -0.15) is 0 Å². The fraction of sp³-hybridized carbons (Fsp3) is 0. The quantitative estimate of drug-likeness (QED) is 0.489. The van der Waals surface area contributed by atoms with Crippen molar-refractivity contribution < 1.29 is 9.34 Å². The van der Waals surface area contributed by atoms with E-state index in [1.165, 1.54) is 6.07 Å². The van der Waals surface area contributed by atoms with Crippen molar-refractivity contribution in [2.75, 3.05) is 0 Å². The summed E-state index contributed by atoms with van der Waals surface area (Å²) < 4.78 is 6.50. The highest BCUT2D eigenvalue weighted by atomic mass is 79.9. The summed E-state index contributed by atoms with van der Waals surface area (Å²) in [7, 11) is 0. The molecule has 8 heteroatoms. The van der Waals surface area contributed by atoms with Crippen molar-refractivity contribution in [2.45, 2.75) is 10.1 Å². The van der Waals surface area contributed by atoms with Crippen LogP contribution < -0.4 is 0 Å². The molecule has 0 atom stereocenters. The van der Waals surface area contributed by atoms with Crippen molar-refractivity contribution in [1.29, 1.82) is 0 Å². The lowest BCUT2D eigenvalue weighted by Gasteiger charge is -1.98. The van der Waals surface area contributed by atoms with E-state index in [1.807, 2.05) is 24.3 Å². The topological polar surface area (TPSA) is 82.1 Å². The summed E-state index contributed by atoms with van der Waals surface area (Å²) in [6.45, 7) is 0. The van der Waals surface area contributed by atoms with Gasteiger partial charge in [0.05, 0.1) is 9.82 Å². The highest BCUT2D eigenvalue weighted by Gasteiger charge is 2.17. The van der Waals surface area contributed by atoms with E-state index in [2.05, 4.69) is 26.1 Å². The Morgan fingerprint density at radius 3 is 2.55 bits per heavy atom. The number of rotatable bonds is 4. The van der Waals surface area contributed by atoms with Crippen LogP contribution in [0.25, 0.3) is 11.5 Å². The fourth-order valence-corrected chi connectivity index (χ4v) is 2.80. The number of nitro benzene ring substituents is 1. The van der Waals surface area contributed by atoms with E-state index in [1.54, 1.807) is 18.2 Å². The Kier molecular flexibility index (Phi) is 4.21. The minimum atomic E-state index is -0.436. The van der Waals surface area contributed by atoms with Crippen molar-refractivity contribution in [3.8, 4) is 11.5 Å². The van der Waals surface area contributed by atoms with Gasteiger partial charge in [0, 0.05) is 16.1 Å². The number of para-hydroxylation sites is 1. The first-order valence-corrected chi connectivity index (χ1v) is 7.75. The summed E-state index contributed by atoms with van der Waals surface area (Å²) in [5.74, 6) is 0.369. The second-order valence-electron chi connectivity index (χ2n) is 4.21. The lowest BCUT2D eigenvalue weighted by Crippen LogP contribution is -1.89. The summed E-state index contributed by atoms with van der Waals surface area (Å²) in [4.78, 5) is 11.0. The molecule has 0 saturated heterocycles.